The molecule has 2 unspecified atom stereocenters. The van der Waals surface area contributed by atoms with Gasteiger partial charge in [0.15, 0.2) is 0 Å². The fraction of sp³-hybridized carbons (Fsp3) is 0.381. The Balaban J connectivity index is 2.42. The fourth-order valence-corrected chi connectivity index (χ4v) is 4.85. The van der Waals surface area contributed by atoms with Crippen LogP contribution in [0.5, 0.6) is 0 Å². The molecule has 0 aliphatic rings. The van der Waals surface area contributed by atoms with Crippen LogP contribution in [0.4, 0.5) is 0 Å². The number of sulfonamides is 1. The highest BCUT2D eigenvalue weighted by atomic mass is 32.2. The largest absolute Gasteiger partial charge is 0.465 e. The molecule has 0 bridgehead atoms. The first kappa shape index (κ1) is 22.1. The van der Waals surface area contributed by atoms with E-state index >= 15 is 0 Å². The molecule has 0 saturated carbocycles. The third kappa shape index (κ3) is 4.98. The molecule has 0 aliphatic carbocycles. The minimum atomic E-state index is -3.74. The first-order valence-corrected chi connectivity index (χ1v) is 10.6. The van der Waals surface area contributed by atoms with Crippen molar-refractivity contribution in [3.63, 3.8) is 0 Å². The van der Waals surface area contributed by atoms with Crippen molar-refractivity contribution >= 4 is 16.0 Å². The molecule has 0 aliphatic heterocycles. The average Bonchev–Trinajstić information content (AvgIpc) is 2.73. The van der Waals surface area contributed by atoms with E-state index in [0.717, 1.165) is 5.56 Å². The number of carbonyl (C=O) groups is 1. The molecule has 2 aromatic rings. The highest BCUT2D eigenvalue weighted by Gasteiger charge is 2.34. The number of methoxy groups -OCH3 is 2. The summed E-state index contributed by atoms with van der Waals surface area (Å²) >= 11 is 0. The summed E-state index contributed by atoms with van der Waals surface area (Å²) < 4.78 is 38.4. The zero-order valence-corrected chi connectivity index (χ0v) is 17.5. The van der Waals surface area contributed by atoms with Crippen LogP contribution in [0.15, 0.2) is 59.5 Å². The molecule has 2 rings (SSSR count). The van der Waals surface area contributed by atoms with Gasteiger partial charge in [0.1, 0.15) is 0 Å². The van der Waals surface area contributed by atoms with Crippen molar-refractivity contribution in [2.75, 3.05) is 14.2 Å². The van der Waals surface area contributed by atoms with Crippen molar-refractivity contribution in [2.45, 2.75) is 43.9 Å². The Bertz CT molecular complexity index is 865. The maximum Gasteiger partial charge on any atom is 0.337 e. The highest BCUT2D eigenvalue weighted by molar-refractivity contribution is 7.89. The Hall–Kier alpha value is -2.22. The summed E-state index contributed by atoms with van der Waals surface area (Å²) in [6, 6.07) is 14.8. The van der Waals surface area contributed by atoms with Crippen LogP contribution in [0.3, 0.4) is 0 Å². The number of hydrogen-bond acceptors (Lipinski definition) is 5. The van der Waals surface area contributed by atoms with Gasteiger partial charge in [-0.3, -0.25) is 0 Å². The van der Waals surface area contributed by atoms with Gasteiger partial charge in [-0.05, 0) is 43.2 Å². The quantitative estimate of drug-likeness (QED) is 0.597. The standard InChI is InChI=1S/C21H27NO5S/c1-5-20(16(2)26-3)22(28(24,25)19-9-7-6-8-10-19)15-17-11-13-18(14-12-17)21(23)27-4/h6-14,16,20H,5,15H2,1-4H3. The van der Waals surface area contributed by atoms with E-state index in [1.165, 1.54) is 11.4 Å². The van der Waals surface area contributed by atoms with E-state index < -0.39 is 16.0 Å². The number of ether oxygens (including phenoxy) is 2. The molecule has 2 atom stereocenters. The van der Waals surface area contributed by atoms with E-state index in [4.69, 9.17) is 9.47 Å². The topological polar surface area (TPSA) is 72.9 Å². The number of rotatable bonds is 9. The molecule has 2 aromatic carbocycles. The maximum atomic E-state index is 13.4. The highest BCUT2D eigenvalue weighted by Crippen LogP contribution is 2.25. The van der Waals surface area contributed by atoms with Crippen LogP contribution in [-0.4, -0.2) is 45.1 Å². The van der Waals surface area contributed by atoms with Crippen molar-refractivity contribution in [3.8, 4) is 0 Å². The Morgan fingerprint density at radius 1 is 1.04 bits per heavy atom. The van der Waals surface area contributed by atoms with Crippen molar-refractivity contribution in [3.05, 3.63) is 65.7 Å². The summed E-state index contributed by atoms with van der Waals surface area (Å²) in [5, 5.41) is 0. The van der Waals surface area contributed by atoms with Gasteiger partial charge < -0.3 is 9.47 Å². The molecule has 0 spiro atoms. The lowest BCUT2D eigenvalue weighted by Gasteiger charge is -2.33. The maximum absolute atomic E-state index is 13.4. The Morgan fingerprint density at radius 2 is 1.64 bits per heavy atom. The van der Waals surface area contributed by atoms with Crippen molar-refractivity contribution in [2.24, 2.45) is 0 Å². The van der Waals surface area contributed by atoms with E-state index in [1.807, 2.05) is 13.8 Å². The zero-order valence-electron chi connectivity index (χ0n) is 16.7. The van der Waals surface area contributed by atoms with Crippen LogP contribution >= 0.6 is 0 Å². The van der Waals surface area contributed by atoms with Crippen LogP contribution in [0, 0.1) is 0 Å². The van der Waals surface area contributed by atoms with Gasteiger partial charge in [-0.2, -0.15) is 4.31 Å². The summed E-state index contributed by atoms with van der Waals surface area (Å²) in [6.45, 7) is 3.97. The van der Waals surface area contributed by atoms with Crippen LogP contribution in [0.2, 0.25) is 0 Å². The normalized spacial score (nSPS) is 13.9. The second-order valence-corrected chi connectivity index (χ2v) is 8.36. The summed E-state index contributed by atoms with van der Waals surface area (Å²) in [6.07, 6.45) is 0.319. The van der Waals surface area contributed by atoms with Crippen LogP contribution in [-0.2, 0) is 26.0 Å². The zero-order chi connectivity index (χ0) is 20.7. The first-order valence-electron chi connectivity index (χ1n) is 9.12. The number of hydrogen-bond donors (Lipinski definition) is 0. The summed E-state index contributed by atoms with van der Waals surface area (Å²) in [5.74, 6) is -0.431. The molecule has 0 N–H and O–H groups in total. The van der Waals surface area contributed by atoms with Crippen LogP contribution in [0.25, 0.3) is 0 Å². The van der Waals surface area contributed by atoms with Crippen molar-refractivity contribution < 1.29 is 22.7 Å². The van der Waals surface area contributed by atoms with E-state index in [1.54, 1.807) is 61.7 Å². The molecule has 152 valence electrons. The third-order valence-corrected chi connectivity index (χ3v) is 6.65. The molecule has 0 saturated heterocycles. The molecular weight excluding hydrogens is 378 g/mol. The fourth-order valence-electron chi connectivity index (χ4n) is 3.08. The van der Waals surface area contributed by atoms with E-state index in [-0.39, 0.29) is 23.6 Å². The monoisotopic (exact) mass is 405 g/mol. The molecule has 0 aromatic heterocycles. The minimum absolute atomic E-state index is 0.172. The predicted octanol–water partition coefficient (Wildman–Crippen LogP) is 3.48. The molecule has 0 fully saturated rings. The molecular formula is C21H27NO5S. The number of carbonyl (C=O) groups excluding carboxylic acids is 1. The molecule has 6 nitrogen and oxygen atoms in total. The summed E-state index contributed by atoms with van der Waals surface area (Å²) in [5.41, 5.74) is 1.19. The van der Waals surface area contributed by atoms with Crippen LogP contribution < -0.4 is 0 Å². The van der Waals surface area contributed by atoms with E-state index in [2.05, 4.69) is 0 Å². The SMILES string of the molecule is CCC(C(C)OC)N(Cc1ccc(C(=O)OC)cc1)S(=O)(=O)c1ccccc1. The minimum Gasteiger partial charge on any atom is -0.465 e. The second-order valence-electron chi connectivity index (χ2n) is 6.47. The Labute approximate surface area is 167 Å². The lowest BCUT2D eigenvalue weighted by Crippen LogP contribution is -2.45. The van der Waals surface area contributed by atoms with Gasteiger partial charge in [-0.25, -0.2) is 13.2 Å². The number of esters is 1. The van der Waals surface area contributed by atoms with Gasteiger partial charge in [0.05, 0.1) is 29.7 Å². The molecule has 0 amide bonds. The molecule has 7 heteroatoms. The lowest BCUT2D eigenvalue weighted by atomic mass is 10.1. The number of benzene rings is 2. The Kier molecular flexibility index (Phi) is 7.74. The van der Waals surface area contributed by atoms with Gasteiger partial charge in [-0.1, -0.05) is 37.3 Å². The summed E-state index contributed by atoms with van der Waals surface area (Å²) in [7, 11) is -0.838. The average molecular weight is 406 g/mol. The van der Waals surface area contributed by atoms with E-state index in [0.29, 0.717) is 12.0 Å². The van der Waals surface area contributed by atoms with Crippen molar-refractivity contribution in [1.82, 2.24) is 4.31 Å². The molecule has 0 radical (unpaired) electrons. The van der Waals surface area contributed by atoms with Crippen molar-refractivity contribution in [1.29, 1.82) is 0 Å². The van der Waals surface area contributed by atoms with Gasteiger partial charge in [-0.15, -0.1) is 0 Å². The van der Waals surface area contributed by atoms with Gasteiger partial charge in [0.2, 0.25) is 10.0 Å². The van der Waals surface area contributed by atoms with Crippen LogP contribution in [0.1, 0.15) is 36.2 Å². The number of nitrogens with zero attached hydrogens (tertiary/aromatic N) is 1. The van der Waals surface area contributed by atoms with Gasteiger partial charge >= 0.3 is 5.97 Å². The Morgan fingerprint density at radius 3 is 2.14 bits per heavy atom. The molecule has 0 heterocycles. The lowest BCUT2D eigenvalue weighted by molar-refractivity contribution is 0.0520. The van der Waals surface area contributed by atoms with Gasteiger partial charge in [0, 0.05) is 13.7 Å². The first-order chi connectivity index (χ1) is 13.3. The smallest absolute Gasteiger partial charge is 0.337 e. The van der Waals surface area contributed by atoms with E-state index in [9.17, 15) is 13.2 Å². The second kappa shape index (κ2) is 9.82. The third-order valence-electron chi connectivity index (χ3n) is 4.77. The van der Waals surface area contributed by atoms with Gasteiger partial charge in [0.25, 0.3) is 0 Å². The summed E-state index contributed by atoms with van der Waals surface area (Å²) in [4.78, 5) is 11.9. The molecule has 28 heavy (non-hydrogen) atoms. The predicted molar refractivity (Wildman–Crippen MR) is 108 cm³/mol.